The van der Waals surface area contributed by atoms with Gasteiger partial charge in [0.2, 0.25) is 0 Å². The highest BCUT2D eigenvalue weighted by Crippen LogP contribution is 2.00. The third-order valence-electron chi connectivity index (χ3n) is 1.20. The normalized spacial score (nSPS) is 8.00. The van der Waals surface area contributed by atoms with Gasteiger partial charge in [-0.2, -0.15) is 0 Å². The number of hydrogen-bond acceptors (Lipinski definition) is 2. The van der Waals surface area contributed by atoms with E-state index in [-0.39, 0.29) is 29.0 Å². The maximum atomic E-state index is 11.0. The van der Waals surface area contributed by atoms with Crippen molar-refractivity contribution in [2.24, 2.45) is 0 Å². The van der Waals surface area contributed by atoms with Crippen LogP contribution in [0.3, 0.4) is 0 Å². The summed E-state index contributed by atoms with van der Waals surface area (Å²) < 4.78 is 4.55. The fraction of sp³-hybridized carbons (Fsp3) is 0. The zero-order chi connectivity index (χ0) is 8.10. The van der Waals surface area contributed by atoms with Crippen LogP contribution in [0.1, 0.15) is 10.4 Å². The van der Waals surface area contributed by atoms with Crippen molar-refractivity contribution in [1.29, 1.82) is 0 Å². The van der Waals surface area contributed by atoms with Crippen molar-refractivity contribution in [3.63, 3.8) is 0 Å². The molecule has 58 valence electrons. The number of rotatable bonds is 2. The largest absolute Gasteiger partial charge is 0.432 e. The molecule has 0 aliphatic rings. The highest BCUT2D eigenvalue weighted by atomic mass is 24.3. The molecule has 0 bridgehead atoms. The quantitative estimate of drug-likeness (QED) is 0.385. The van der Waals surface area contributed by atoms with E-state index in [1.165, 1.54) is 0 Å². The average Bonchev–Trinajstić information content (AvgIpc) is 2.07. The Morgan fingerprint density at radius 2 is 1.92 bits per heavy atom. The molecule has 0 aliphatic carbocycles. The molecule has 12 heavy (non-hydrogen) atoms. The minimum absolute atomic E-state index is 0. The van der Waals surface area contributed by atoms with Crippen LogP contribution in [0.4, 0.5) is 0 Å². The lowest BCUT2D eigenvalue weighted by Crippen LogP contribution is -1.98. The maximum absolute atomic E-state index is 11.0. The summed E-state index contributed by atoms with van der Waals surface area (Å²) in [6, 6.07) is 8.77. The SMILES string of the molecule is C=COC(=O)c1ccccc1.[Mg]. The number of hydrogen-bond donors (Lipinski definition) is 0. The molecule has 2 nitrogen and oxygen atoms in total. The number of carbonyl (C=O) groups is 1. The van der Waals surface area contributed by atoms with E-state index in [2.05, 4.69) is 11.3 Å². The Morgan fingerprint density at radius 1 is 1.33 bits per heavy atom. The summed E-state index contributed by atoms with van der Waals surface area (Å²) in [6.45, 7) is 3.28. The molecule has 0 aromatic heterocycles. The molecule has 3 heteroatoms. The van der Waals surface area contributed by atoms with Gasteiger partial charge in [0.25, 0.3) is 0 Å². The molecule has 1 aromatic rings. The maximum Gasteiger partial charge on any atom is 0.342 e. The summed E-state index contributed by atoms with van der Waals surface area (Å²) in [4.78, 5) is 11.0. The van der Waals surface area contributed by atoms with Gasteiger partial charge in [0.05, 0.1) is 11.8 Å². The average molecular weight is 172 g/mol. The zero-order valence-corrected chi connectivity index (χ0v) is 8.11. The van der Waals surface area contributed by atoms with Crippen molar-refractivity contribution in [3.8, 4) is 0 Å². The molecule has 0 atom stereocenters. The van der Waals surface area contributed by atoms with Gasteiger partial charge in [0.15, 0.2) is 0 Å². The van der Waals surface area contributed by atoms with Gasteiger partial charge in [-0.15, -0.1) is 0 Å². The fourth-order valence-corrected chi connectivity index (χ4v) is 0.718. The lowest BCUT2D eigenvalue weighted by atomic mass is 10.2. The van der Waals surface area contributed by atoms with Gasteiger partial charge in [-0.3, -0.25) is 0 Å². The Hall–Kier alpha value is -0.804. The van der Waals surface area contributed by atoms with E-state index in [1.807, 2.05) is 6.07 Å². The van der Waals surface area contributed by atoms with Gasteiger partial charge >= 0.3 is 5.97 Å². The van der Waals surface area contributed by atoms with Crippen LogP contribution >= 0.6 is 0 Å². The number of esters is 1. The highest BCUT2D eigenvalue weighted by Gasteiger charge is 2.01. The molecule has 1 rings (SSSR count). The van der Waals surface area contributed by atoms with E-state index in [9.17, 15) is 4.79 Å². The highest BCUT2D eigenvalue weighted by molar-refractivity contribution is 5.89. The molecule has 0 fully saturated rings. The first-order valence-corrected chi connectivity index (χ1v) is 3.21. The van der Waals surface area contributed by atoms with Gasteiger partial charge < -0.3 is 4.74 Å². The van der Waals surface area contributed by atoms with Gasteiger partial charge in [-0.25, -0.2) is 4.79 Å². The molecule has 0 saturated heterocycles. The van der Waals surface area contributed by atoms with E-state index in [4.69, 9.17) is 0 Å². The van der Waals surface area contributed by atoms with Crippen LogP contribution in [0.25, 0.3) is 0 Å². The Morgan fingerprint density at radius 3 is 2.42 bits per heavy atom. The molecule has 0 amide bonds. The number of benzene rings is 1. The summed E-state index contributed by atoms with van der Waals surface area (Å²) in [7, 11) is 0. The molecule has 0 aliphatic heterocycles. The molecule has 0 saturated carbocycles. The first kappa shape index (κ1) is 11.2. The molecule has 2 radical (unpaired) electrons. The Labute approximate surface area is 87.4 Å². The Kier molecular flexibility index (Phi) is 5.41. The van der Waals surface area contributed by atoms with E-state index in [1.54, 1.807) is 24.3 Å². The summed E-state index contributed by atoms with van der Waals surface area (Å²) in [5.41, 5.74) is 0.535. The summed E-state index contributed by atoms with van der Waals surface area (Å²) in [5, 5.41) is 0. The minimum Gasteiger partial charge on any atom is -0.432 e. The Balaban J connectivity index is 0.00000121. The summed E-state index contributed by atoms with van der Waals surface area (Å²) >= 11 is 0. The number of carbonyl (C=O) groups excluding carboxylic acids is 1. The van der Waals surface area contributed by atoms with Crippen LogP contribution in [0.5, 0.6) is 0 Å². The predicted molar refractivity (Wildman–Crippen MR) is 47.8 cm³/mol. The molecular formula is C9H8MgO2. The zero-order valence-electron chi connectivity index (χ0n) is 6.69. The summed E-state index contributed by atoms with van der Waals surface area (Å²) in [5.74, 6) is -0.374. The van der Waals surface area contributed by atoms with Crippen molar-refractivity contribution >= 4 is 29.0 Å². The first-order chi connectivity index (χ1) is 5.34. The first-order valence-electron chi connectivity index (χ1n) is 3.21. The van der Waals surface area contributed by atoms with E-state index in [0.717, 1.165) is 6.26 Å². The van der Waals surface area contributed by atoms with Gasteiger partial charge in [-0.1, -0.05) is 24.8 Å². The fourth-order valence-electron chi connectivity index (χ4n) is 0.718. The molecule has 1 aromatic carbocycles. The third-order valence-corrected chi connectivity index (χ3v) is 1.20. The molecule has 0 unspecified atom stereocenters. The lowest BCUT2D eigenvalue weighted by Gasteiger charge is -1.96. The van der Waals surface area contributed by atoms with Crippen LogP contribution < -0.4 is 0 Å². The van der Waals surface area contributed by atoms with Crippen LogP contribution in [0.15, 0.2) is 43.2 Å². The van der Waals surface area contributed by atoms with Crippen molar-refractivity contribution < 1.29 is 9.53 Å². The monoisotopic (exact) mass is 172 g/mol. The van der Waals surface area contributed by atoms with Gasteiger partial charge in [0.1, 0.15) is 0 Å². The van der Waals surface area contributed by atoms with Crippen LogP contribution in [-0.2, 0) is 4.74 Å². The van der Waals surface area contributed by atoms with Crippen LogP contribution in [-0.4, -0.2) is 29.0 Å². The van der Waals surface area contributed by atoms with Crippen molar-refractivity contribution in [2.45, 2.75) is 0 Å². The van der Waals surface area contributed by atoms with Crippen LogP contribution in [0.2, 0.25) is 0 Å². The van der Waals surface area contributed by atoms with Crippen molar-refractivity contribution in [1.82, 2.24) is 0 Å². The second-order valence-corrected chi connectivity index (χ2v) is 1.94. The van der Waals surface area contributed by atoms with Crippen molar-refractivity contribution in [2.75, 3.05) is 0 Å². The lowest BCUT2D eigenvalue weighted by molar-refractivity contribution is 0.0664. The van der Waals surface area contributed by atoms with Gasteiger partial charge in [-0.05, 0) is 12.1 Å². The minimum atomic E-state index is -0.374. The predicted octanol–water partition coefficient (Wildman–Crippen LogP) is 1.61. The standard InChI is InChI=1S/C9H8O2.Mg/c1-2-11-9(10)8-6-4-3-5-7-8;/h2-7H,1H2;. The third kappa shape index (κ3) is 3.07. The number of ether oxygens (including phenoxy) is 1. The second-order valence-electron chi connectivity index (χ2n) is 1.94. The van der Waals surface area contributed by atoms with E-state index < -0.39 is 0 Å². The topological polar surface area (TPSA) is 26.3 Å². The van der Waals surface area contributed by atoms with E-state index >= 15 is 0 Å². The molecule has 0 N–H and O–H groups in total. The molecule has 0 spiro atoms. The van der Waals surface area contributed by atoms with Crippen LogP contribution in [0, 0.1) is 0 Å². The molecule has 0 heterocycles. The summed E-state index contributed by atoms with van der Waals surface area (Å²) in [6.07, 6.45) is 1.12. The van der Waals surface area contributed by atoms with E-state index in [0.29, 0.717) is 5.56 Å². The van der Waals surface area contributed by atoms with Gasteiger partial charge in [0, 0.05) is 23.1 Å². The smallest absolute Gasteiger partial charge is 0.342 e. The van der Waals surface area contributed by atoms with Crippen molar-refractivity contribution in [3.05, 3.63) is 48.7 Å². The second kappa shape index (κ2) is 5.80. The molecular weight excluding hydrogens is 164 g/mol. The Bertz CT molecular complexity index is 256.